The van der Waals surface area contributed by atoms with Gasteiger partial charge >= 0.3 is 6.18 Å². The van der Waals surface area contributed by atoms with Gasteiger partial charge in [0, 0.05) is 18.9 Å². The Bertz CT molecular complexity index is 641. The Balaban J connectivity index is 2.05. The molecule has 0 aliphatic heterocycles. The molecule has 0 atom stereocenters. The lowest BCUT2D eigenvalue weighted by Crippen LogP contribution is -2.23. The van der Waals surface area contributed by atoms with E-state index in [9.17, 15) is 22.4 Å². The summed E-state index contributed by atoms with van der Waals surface area (Å²) < 4.78 is 50.5. The fraction of sp³-hybridized carbons (Fsp3) is 0.143. The zero-order chi connectivity index (χ0) is 15.5. The van der Waals surface area contributed by atoms with Crippen molar-refractivity contribution in [1.29, 1.82) is 0 Å². The van der Waals surface area contributed by atoms with Gasteiger partial charge in [-0.2, -0.15) is 13.2 Å². The van der Waals surface area contributed by atoms with Crippen LogP contribution in [0, 0.1) is 5.82 Å². The lowest BCUT2D eigenvalue weighted by Gasteiger charge is -2.10. The molecule has 2 rings (SSSR count). The topological polar surface area (TPSA) is 42.0 Å². The van der Waals surface area contributed by atoms with Crippen LogP contribution in [0.25, 0.3) is 0 Å². The van der Waals surface area contributed by atoms with Crippen LogP contribution >= 0.6 is 0 Å². The maximum atomic E-state index is 13.4. The summed E-state index contributed by atoms with van der Waals surface area (Å²) in [6.45, 7) is -0.0806. The molecule has 1 aromatic carbocycles. The number of alkyl halides is 3. The van der Waals surface area contributed by atoms with Crippen LogP contribution < -0.4 is 5.32 Å². The molecule has 0 aliphatic carbocycles. The summed E-state index contributed by atoms with van der Waals surface area (Å²) in [6, 6.07) is 5.64. The average Bonchev–Trinajstić information content (AvgIpc) is 2.44. The minimum atomic E-state index is -4.73. The molecule has 0 radical (unpaired) electrons. The van der Waals surface area contributed by atoms with Crippen LogP contribution in [0.2, 0.25) is 0 Å². The first kappa shape index (κ1) is 15.0. The number of carbonyl (C=O) groups excluding carboxylic acids is 1. The molecule has 0 bridgehead atoms. The molecule has 110 valence electrons. The second kappa shape index (κ2) is 5.90. The summed E-state index contributed by atoms with van der Waals surface area (Å²) in [4.78, 5) is 15.5. The van der Waals surface area contributed by atoms with Gasteiger partial charge in [0.25, 0.3) is 5.91 Å². The maximum absolute atomic E-state index is 13.4. The van der Waals surface area contributed by atoms with Gasteiger partial charge in [0.05, 0.1) is 11.1 Å². The Hall–Kier alpha value is -2.44. The van der Waals surface area contributed by atoms with Crippen LogP contribution in [-0.2, 0) is 12.7 Å². The molecule has 0 fully saturated rings. The van der Waals surface area contributed by atoms with E-state index >= 15 is 0 Å². The van der Waals surface area contributed by atoms with Gasteiger partial charge in [-0.25, -0.2) is 4.39 Å². The smallest absolute Gasteiger partial charge is 0.348 e. The molecule has 7 heteroatoms. The first-order valence-electron chi connectivity index (χ1n) is 5.92. The van der Waals surface area contributed by atoms with Crippen molar-refractivity contribution >= 4 is 5.91 Å². The Morgan fingerprint density at radius 1 is 1.24 bits per heavy atom. The van der Waals surface area contributed by atoms with Crippen molar-refractivity contribution < 1.29 is 22.4 Å². The van der Waals surface area contributed by atoms with Crippen molar-refractivity contribution in [3.63, 3.8) is 0 Å². The molecular formula is C14H10F4N2O. The van der Waals surface area contributed by atoms with E-state index < -0.39 is 23.5 Å². The molecule has 21 heavy (non-hydrogen) atoms. The summed E-state index contributed by atoms with van der Waals surface area (Å²) >= 11 is 0. The van der Waals surface area contributed by atoms with Gasteiger partial charge < -0.3 is 5.32 Å². The number of carbonyl (C=O) groups is 1. The van der Waals surface area contributed by atoms with Crippen LogP contribution in [0.1, 0.15) is 21.5 Å². The van der Waals surface area contributed by atoms with E-state index in [-0.39, 0.29) is 12.1 Å². The minimum absolute atomic E-state index is 0.0806. The zero-order valence-corrected chi connectivity index (χ0v) is 10.6. The first-order valence-corrected chi connectivity index (χ1v) is 5.92. The van der Waals surface area contributed by atoms with Crippen molar-refractivity contribution in [3.05, 3.63) is 65.2 Å². The number of amides is 1. The third kappa shape index (κ3) is 3.77. The highest BCUT2D eigenvalue weighted by Gasteiger charge is 2.33. The van der Waals surface area contributed by atoms with Crippen molar-refractivity contribution in [3.8, 4) is 0 Å². The van der Waals surface area contributed by atoms with Gasteiger partial charge in [0.1, 0.15) is 5.82 Å². The highest BCUT2D eigenvalue weighted by molar-refractivity contribution is 5.93. The normalized spacial score (nSPS) is 11.2. The monoisotopic (exact) mass is 298 g/mol. The lowest BCUT2D eigenvalue weighted by molar-refractivity contribution is -0.140. The highest BCUT2D eigenvalue weighted by atomic mass is 19.4. The van der Waals surface area contributed by atoms with Gasteiger partial charge in [-0.3, -0.25) is 9.78 Å². The summed E-state index contributed by atoms with van der Waals surface area (Å²) in [5.41, 5.74) is -0.785. The molecule has 3 nitrogen and oxygen atoms in total. The number of benzene rings is 1. The number of nitrogens with zero attached hydrogens (tertiary/aromatic N) is 1. The van der Waals surface area contributed by atoms with E-state index in [0.717, 1.165) is 12.1 Å². The molecule has 1 aromatic heterocycles. The molecule has 1 N–H and O–H groups in total. The summed E-state index contributed by atoms with van der Waals surface area (Å²) in [6.07, 6.45) is -1.88. The molecule has 0 saturated carbocycles. The molecular weight excluding hydrogens is 288 g/mol. The summed E-state index contributed by atoms with van der Waals surface area (Å²) in [5.74, 6) is -1.81. The quantitative estimate of drug-likeness (QED) is 0.884. The van der Waals surface area contributed by atoms with E-state index in [2.05, 4.69) is 10.3 Å². The molecule has 0 spiro atoms. The Kier molecular flexibility index (Phi) is 4.21. The maximum Gasteiger partial charge on any atom is 0.419 e. The lowest BCUT2D eigenvalue weighted by atomic mass is 10.1. The molecule has 0 unspecified atom stereocenters. The van der Waals surface area contributed by atoms with E-state index in [1.807, 2.05) is 0 Å². The molecule has 2 aromatic rings. The van der Waals surface area contributed by atoms with Gasteiger partial charge in [-0.1, -0.05) is 6.07 Å². The third-order valence-corrected chi connectivity index (χ3v) is 2.72. The van der Waals surface area contributed by atoms with Crippen molar-refractivity contribution in [2.45, 2.75) is 12.7 Å². The summed E-state index contributed by atoms with van der Waals surface area (Å²) in [5, 5.41) is 2.47. The fourth-order valence-corrected chi connectivity index (χ4v) is 1.68. The van der Waals surface area contributed by atoms with Gasteiger partial charge in [-0.15, -0.1) is 0 Å². The molecule has 0 aliphatic rings. The minimum Gasteiger partial charge on any atom is -0.348 e. The number of halogens is 4. The number of nitrogens with one attached hydrogen (secondary N) is 1. The number of hydrogen-bond donors (Lipinski definition) is 1. The van der Waals surface area contributed by atoms with Crippen LogP contribution in [0.3, 0.4) is 0 Å². The number of hydrogen-bond acceptors (Lipinski definition) is 2. The molecule has 1 heterocycles. The fourth-order valence-electron chi connectivity index (χ4n) is 1.68. The van der Waals surface area contributed by atoms with E-state index in [1.54, 1.807) is 6.07 Å². The van der Waals surface area contributed by atoms with Gasteiger partial charge in [0.15, 0.2) is 0 Å². The Labute approximate surface area is 117 Å². The number of pyridine rings is 1. The van der Waals surface area contributed by atoms with Gasteiger partial charge in [0.2, 0.25) is 0 Å². The zero-order valence-electron chi connectivity index (χ0n) is 10.6. The third-order valence-electron chi connectivity index (χ3n) is 2.72. The Morgan fingerprint density at radius 2 is 2.00 bits per heavy atom. The molecule has 1 amide bonds. The number of rotatable bonds is 3. The predicted octanol–water partition coefficient (Wildman–Crippen LogP) is 3.17. The van der Waals surface area contributed by atoms with Crippen LogP contribution in [0.15, 0.2) is 42.7 Å². The van der Waals surface area contributed by atoms with Gasteiger partial charge in [-0.05, 0) is 29.8 Å². The average molecular weight is 298 g/mol. The SMILES string of the molecule is O=C(NCc1ccc(C(F)(F)F)c(F)c1)c1cccnc1. The van der Waals surface area contributed by atoms with Crippen molar-refractivity contribution in [2.75, 3.05) is 0 Å². The summed E-state index contributed by atoms with van der Waals surface area (Å²) in [7, 11) is 0. The van der Waals surface area contributed by atoms with Crippen molar-refractivity contribution in [2.24, 2.45) is 0 Å². The van der Waals surface area contributed by atoms with Crippen molar-refractivity contribution in [1.82, 2.24) is 10.3 Å². The van der Waals surface area contributed by atoms with Crippen LogP contribution in [0.5, 0.6) is 0 Å². The van der Waals surface area contributed by atoms with E-state index in [0.29, 0.717) is 11.6 Å². The van der Waals surface area contributed by atoms with Crippen LogP contribution in [-0.4, -0.2) is 10.9 Å². The van der Waals surface area contributed by atoms with E-state index in [4.69, 9.17) is 0 Å². The Morgan fingerprint density at radius 3 is 2.57 bits per heavy atom. The number of aromatic nitrogens is 1. The highest BCUT2D eigenvalue weighted by Crippen LogP contribution is 2.31. The molecule has 0 saturated heterocycles. The standard InChI is InChI=1S/C14H10F4N2O/c15-12-6-9(3-4-11(12)14(16,17)18)7-20-13(21)10-2-1-5-19-8-10/h1-6,8H,7H2,(H,20,21). The van der Waals surface area contributed by atoms with Crippen LogP contribution in [0.4, 0.5) is 17.6 Å². The predicted molar refractivity (Wildman–Crippen MR) is 66.8 cm³/mol. The first-order chi connectivity index (χ1) is 9.88. The van der Waals surface area contributed by atoms with E-state index in [1.165, 1.54) is 18.5 Å². The second-order valence-electron chi connectivity index (χ2n) is 4.24. The largest absolute Gasteiger partial charge is 0.419 e. The second-order valence-corrected chi connectivity index (χ2v) is 4.24.